The third-order valence-electron chi connectivity index (χ3n) is 0.614. The fraction of sp³-hybridized carbons (Fsp3) is 1.00. The van der Waals surface area contributed by atoms with E-state index in [2.05, 4.69) is 4.74 Å². The SMILES string of the molecule is NCCCOC(F)(F)F.[Cl-]. The van der Waals surface area contributed by atoms with Gasteiger partial charge in [-0.2, -0.15) is 0 Å². The lowest BCUT2D eigenvalue weighted by molar-refractivity contribution is -0.324. The monoisotopic (exact) mass is 178 g/mol. The molecule has 0 spiro atoms. The van der Waals surface area contributed by atoms with Crippen LogP contribution in [0.25, 0.3) is 0 Å². The molecule has 0 aliphatic carbocycles. The third-order valence-corrected chi connectivity index (χ3v) is 0.614. The highest BCUT2D eigenvalue weighted by atomic mass is 35.5. The first-order valence-corrected chi connectivity index (χ1v) is 2.47. The van der Waals surface area contributed by atoms with Gasteiger partial charge in [0.05, 0.1) is 6.61 Å². The van der Waals surface area contributed by atoms with Crippen LogP contribution in [-0.4, -0.2) is 19.5 Å². The zero-order valence-corrected chi connectivity index (χ0v) is 5.87. The lowest BCUT2D eigenvalue weighted by atomic mass is 10.5. The van der Waals surface area contributed by atoms with Crippen molar-refractivity contribution in [2.75, 3.05) is 13.2 Å². The van der Waals surface area contributed by atoms with Crippen molar-refractivity contribution in [3.8, 4) is 0 Å². The molecule has 0 heterocycles. The largest absolute Gasteiger partial charge is 1.00 e. The normalized spacial score (nSPS) is 10.8. The zero-order chi connectivity index (χ0) is 7.33. The molecule has 64 valence electrons. The van der Waals surface area contributed by atoms with Crippen LogP contribution in [0.4, 0.5) is 13.2 Å². The summed E-state index contributed by atoms with van der Waals surface area (Å²) in [6.45, 7) is -0.129. The van der Waals surface area contributed by atoms with Gasteiger partial charge in [0, 0.05) is 0 Å². The van der Waals surface area contributed by atoms with Gasteiger partial charge in [-0.05, 0) is 13.0 Å². The van der Waals surface area contributed by atoms with E-state index in [1.807, 2.05) is 0 Å². The molecule has 0 aliphatic heterocycles. The molecule has 6 heteroatoms. The summed E-state index contributed by atoms with van der Waals surface area (Å²) < 4.78 is 36.7. The summed E-state index contributed by atoms with van der Waals surface area (Å²) in [5.74, 6) is 0. The smallest absolute Gasteiger partial charge is 0.522 e. The number of ether oxygens (including phenoxy) is 1. The Kier molecular flexibility index (Phi) is 7.29. The van der Waals surface area contributed by atoms with E-state index in [0.717, 1.165) is 0 Å². The third kappa shape index (κ3) is 10.9. The van der Waals surface area contributed by atoms with E-state index >= 15 is 0 Å². The van der Waals surface area contributed by atoms with Crippen LogP contribution in [0.5, 0.6) is 0 Å². The molecule has 0 bridgehead atoms. The van der Waals surface area contributed by atoms with E-state index in [1.54, 1.807) is 0 Å². The predicted molar refractivity (Wildman–Crippen MR) is 25.7 cm³/mol. The lowest BCUT2D eigenvalue weighted by Gasteiger charge is -2.04. The minimum atomic E-state index is -4.50. The van der Waals surface area contributed by atoms with Crippen LogP contribution in [0.1, 0.15) is 6.42 Å². The van der Waals surface area contributed by atoms with Gasteiger partial charge in [0.25, 0.3) is 0 Å². The van der Waals surface area contributed by atoms with E-state index in [0.29, 0.717) is 0 Å². The zero-order valence-electron chi connectivity index (χ0n) is 5.12. The van der Waals surface area contributed by atoms with Gasteiger partial charge in [0.1, 0.15) is 0 Å². The van der Waals surface area contributed by atoms with E-state index in [1.165, 1.54) is 0 Å². The number of rotatable bonds is 3. The fourth-order valence-electron chi connectivity index (χ4n) is 0.271. The Labute approximate surface area is 62.9 Å². The molecule has 0 aromatic carbocycles. The maximum Gasteiger partial charge on any atom is 0.522 e. The minimum Gasteiger partial charge on any atom is -1.00 e. The molecule has 0 aromatic rings. The first kappa shape index (κ1) is 12.7. The van der Waals surface area contributed by atoms with Crippen LogP contribution in [0.15, 0.2) is 0 Å². The Bertz CT molecular complexity index is 77.4. The molecule has 0 amide bonds. The molecule has 0 saturated heterocycles. The van der Waals surface area contributed by atoms with Crippen LogP contribution >= 0.6 is 0 Å². The maximum absolute atomic E-state index is 11.1. The Morgan fingerprint density at radius 2 is 1.80 bits per heavy atom. The summed E-state index contributed by atoms with van der Waals surface area (Å²) in [6, 6.07) is 0. The van der Waals surface area contributed by atoms with Gasteiger partial charge >= 0.3 is 6.36 Å². The highest BCUT2D eigenvalue weighted by Crippen LogP contribution is 2.15. The molecule has 0 saturated carbocycles. The average Bonchev–Trinajstić information content (AvgIpc) is 1.63. The summed E-state index contributed by atoms with van der Waals surface area (Å²) in [7, 11) is 0. The van der Waals surface area contributed by atoms with Gasteiger partial charge in [-0.3, -0.25) is 4.74 Å². The minimum absolute atomic E-state index is 0. The van der Waals surface area contributed by atoms with E-state index in [-0.39, 0.29) is 32.0 Å². The van der Waals surface area contributed by atoms with Gasteiger partial charge in [0.2, 0.25) is 0 Å². The van der Waals surface area contributed by atoms with Crippen molar-refractivity contribution in [1.82, 2.24) is 0 Å². The molecule has 0 fully saturated rings. The number of nitrogens with two attached hydrogens (primary N) is 1. The Hall–Kier alpha value is -0.0000000000000000555. The molecule has 2 nitrogen and oxygen atoms in total. The average molecular weight is 179 g/mol. The standard InChI is InChI=1S/C4H8F3NO.ClH/c5-4(6,7)9-3-1-2-8;/h1-3,8H2;1H/p-1. The first-order chi connectivity index (χ1) is 4.06. The summed E-state index contributed by atoms with van der Waals surface area (Å²) in [6.07, 6.45) is -4.27. The quantitative estimate of drug-likeness (QED) is 0.502. The first-order valence-electron chi connectivity index (χ1n) is 2.47. The molecule has 0 radical (unpaired) electrons. The lowest BCUT2D eigenvalue weighted by Crippen LogP contribution is -3.00. The number of hydrogen-bond acceptors (Lipinski definition) is 2. The van der Waals surface area contributed by atoms with Crippen LogP contribution in [0.2, 0.25) is 0 Å². The van der Waals surface area contributed by atoms with Crippen molar-refractivity contribution < 1.29 is 30.3 Å². The summed E-state index contributed by atoms with van der Waals surface area (Å²) in [5, 5.41) is 0. The van der Waals surface area contributed by atoms with E-state index < -0.39 is 6.36 Å². The Morgan fingerprint density at radius 1 is 1.30 bits per heavy atom. The van der Waals surface area contributed by atoms with Crippen LogP contribution < -0.4 is 18.1 Å². The van der Waals surface area contributed by atoms with Gasteiger partial charge in [0.15, 0.2) is 0 Å². The summed E-state index contributed by atoms with van der Waals surface area (Å²) in [4.78, 5) is 0. The number of halogens is 4. The molecule has 0 unspecified atom stereocenters. The van der Waals surface area contributed by atoms with Crippen LogP contribution in [0.3, 0.4) is 0 Å². The van der Waals surface area contributed by atoms with Crippen molar-refractivity contribution >= 4 is 0 Å². The summed E-state index contributed by atoms with van der Waals surface area (Å²) >= 11 is 0. The van der Waals surface area contributed by atoms with Crippen molar-refractivity contribution in [1.29, 1.82) is 0 Å². The van der Waals surface area contributed by atoms with Crippen molar-refractivity contribution in [2.24, 2.45) is 5.73 Å². The second-order valence-electron chi connectivity index (χ2n) is 1.44. The van der Waals surface area contributed by atoms with Crippen molar-refractivity contribution in [2.45, 2.75) is 12.8 Å². The molecule has 10 heavy (non-hydrogen) atoms. The molecule has 0 atom stereocenters. The molecule has 0 rings (SSSR count). The molecule has 2 N–H and O–H groups in total. The van der Waals surface area contributed by atoms with Crippen molar-refractivity contribution in [3.63, 3.8) is 0 Å². The predicted octanol–water partition coefficient (Wildman–Crippen LogP) is -2.12. The maximum atomic E-state index is 11.1. The van der Waals surface area contributed by atoms with Gasteiger partial charge in [-0.1, -0.05) is 0 Å². The number of hydrogen-bond donors (Lipinski definition) is 1. The van der Waals surface area contributed by atoms with Gasteiger partial charge in [-0.25, -0.2) is 0 Å². The molecule has 0 aliphatic rings. The molecule has 0 aromatic heterocycles. The molecular weight excluding hydrogens is 170 g/mol. The molecular formula is C4H8ClF3NO-. The highest BCUT2D eigenvalue weighted by molar-refractivity contribution is 4.35. The topological polar surface area (TPSA) is 35.2 Å². The van der Waals surface area contributed by atoms with Crippen molar-refractivity contribution in [3.05, 3.63) is 0 Å². The van der Waals surface area contributed by atoms with E-state index in [9.17, 15) is 13.2 Å². The van der Waals surface area contributed by atoms with E-state index in [4.69, 9.17) is 5.73 Å². The summed E-state index contributed by atoms with van der Waals surface area (Å²) in [5.41, 5.74) is 4.91. The van der Waals surface area contributed by atoms with Crippen LogP contribution in [0, 0.1) is 0 Å². The fourth-order valence-corrected chi connectivity index (χ4v) is 0.271. The Balaban J connectivity index is 0. The van der Waals surface area contributed by atoms with Gasteiger partial charge in [-0.15, -0.1) is 13.2 Å². The second kappa shape index (κ2) is 5.76. The van der Waals surface area contributed by atoms with Gasteiger partial charge < -0.3 is 18.1 Å². The van der Waals surface area contributed by atoms with Crippen LogP contribution in [-0.2, 0) is 4.74 Å². The Morgan fingerprint density at radius 3 is 2.10 bits per heavy atom. The highest BCUT2D eigenvalue weighted by Gasteiger charge is 2.28. The second-order valence-corrected chi connectivity index (χ2v) is 1.44. The number of alkyl halides is 3.